The van der Waals surface area contributed by atoms with E-state index in [2.05, 4.69) is 54.9 Å². The van der Waals surface area contributed by atoms with Crippen LogP contribution in [0.25, 0.3) is 0 Å². The topological polar surface area (TPSA) is 26.3 Å². The Kier molecular flexibility index (Phi) is 21.1. The maximum absolute atomic E-state index is 10.3. The third-order valence-corrected chi connectivity index (χ3v) is 2.04. The third kappa shape index (κ3) is 38.2. The van der Waals surface area contributed by atoms with E-state index in [0.29, 0.717) is 6.61 Å². The highest BCUT2D eigenvalue weighted by Gasteiger charge is 2.06. The van der Waals surface area contributed by atoms with Crippen LogP contribution in [-0.2, 0) is 9.53 Å². The van der Waals surface area contributed by atoms with E-state index in [1.165, 1.54) is 6.92 Å². The predicted octanol–water partition coefficient (Wildman–Crippen LogP) is -5.11. The van der Waals surface area contributed by atoms with Crippen molar-refractivity contribution < 1.29 is 66.5 Å². The average Bonchev–Trinajstić information content (AvgIpc) is 1.98. The number of quaternary nitrogens is 2. The van der Waals surface area contributed by atoms with E-state index in [4.69, 9.17) is 4.74 Å². The molecule has 4 nitrogen and oxygen atoms in total. The lowest BCUT2D eigenvalue weighted by molar-refractivity contribution is -0.870. The highest BCUT2D eigenvalue weighted by molar-refractivity contribution is 7.80. The van der Waals surface area contributed by atoms with Crippen molar-refractivity contribution in [2.45, 2.75) is 6.92 Å². The van der Waals surface area contributed by atoms with Crippen molar-refractivity contribution in [3.8, 4) is 0 Å². The number of carbonyl (C=O) groups is 1. The molecule has 0 radical (unpaired) electrons. The number of rotatable bonds is 5. The van der Waals surface area contributed by atoms with Crippen LogP contribution in [0.4, 0.5) is 0 Å². The van der Waals surface area contributed by atoms with Gasteiger partial charge < -0.3 is 61.7 Å². The van der Waals surface area contributed by atoms with E-state index in [1.807, 2.05) is 0 Å². The van der Waals surface area contributed by atoms with Crippen LogP contribution < -0.4 is 48.0 Å². The van der Waals surface area contributed by atoms with Crippen molar-refractivity contribution in [3.05, 3.63) is 0 Å². The number of ether oxygens (including phenoxy) is 1. The second kappa shape index (κ2) is 14.2. The van der Waals surface area contributed by atoms with Crippen molar-refractivity contribution in [1.82, 2.24) is 0 Å². The van der Waals surface area contributed by atoms with Gasteiger partial charge in [0.1, 0.15) is 13.2 Å². The molecular weight excluding hydrogens is 490 g/mol. The van der Waals surface area contributed by atoms with Crippen LogP contribution in [0.2, 0.25) is 0 Å². The van der Waals surface area contributed by atoms with Gasteiger partial charge in [-0.05, 0) is 0 Å². The van der Waals surface area contributed by atoms with Gasteiger partial charge in [-0.1, -0.05) is 0 Å². The van der Waals surface area contributed by atoms with Crippen LogP contribution in [-0.4, -0.2) is 82.7 Å². The molecule has 0 rings (SSSR count). The Bertz CT molecular complexity index is 217. The smallest absolute Gasteiger partial charge is 0.302 e. The number of thiol groups is 1. The Morgan fingerprint density at radius 2 is 1.32 bits per heavy atom. The fraction of sp³-hybridized carbons (Fsp3) is 0.917. The lowest BCUT2D eigenvalue weighted by atomic mass is 10.5. The molecule has 0 spiro atoms. The molecule has 0 aromatic rings. The van der Waals surface area contributed by atoms with E-state index < -0.39 is 0 Å². The van der Waals surface area contributed by atoms with E-state index in [1.54, 1.807) is 0 Å². The summed E-state index contributed by atoms with van der Waals surface area (Å²) in [6.07, 6.45) is 0. The zero-order valence-electron chi connectivity index (χ0n) is 13.2. The Labute approximate surface area is 158 Å². The first-order valence-electron chi connectivity index (χ1n) is 5.83. The van der Waals surface area contributed by atoms with Crippen molar-refractivity contribution in [2.24, 2.45) is 0 Å². The van der Waals surface area contributed by atoms with Gasteiger partial charge in [0.25, 0.3) is 0 Å². The van der Waals surface area contributed by atoms with Gasteiger partial charge in [0.2, 0.25) is 0 Å². The molecule has 0 aliphatic heterocycles. The highest BCUT2D eigenvalue weighted by Crippen LogP contribution is 1.89. The van der Waals surface area contributed by atoms with Crippen LogP contribution in [0.5, 0.6) is 0 Å². The minimum Gasteiger partial charge on any atom is -1.00 e. The molecule has 0 atom stereocenters. The van der Waals surface area contributed by atoms with Crippen molar-refractivity contribution in [1.29, 1.82) is 0 Å². The SMILES string of the molecule is CC(=O)OCC[N+](C)(C)C.C[N+](C)(C)CCS.[I-].[I-]. The molecule has 0 bridgehead atoms. The number of nitrogens with zero attached hydrogens (tertiary/aromatic N) is 2. The van der Waals surface area contributed by atoms with Gasteiger partial charge in [-0.3, -0.25) is 4.79 Å². The van der Waals surface area contributed by atoms with E-state index in [9.17, 15) is 4.79 Å². The molecule has 0 unspecified atom stereocenters. The molecule has 0 saturated heterocycles. The molecule has 7 heteroatoms. The van der Waals surface area contributed by atoms with Gasteiger partial charge in [-0.2, -0.15) is 12.6 Å². The standard InChI is InChI=1S/C7H16NO2.C5H13NS.2HI/c1-7(9)10-6-5-8(2,3)4;1-6(2,3)4-5-7;;/h5-6H2,1-4H3;4-5H2,1-3H3;2*1H/q+1;;;/p-1. The molecule has 0 saturated carbocycles. The molecule has 0 heterocycles. The minimum atomic E-state index is -0.201. The summed E-state index contributed by atoms with van der Waals surface area (Å²) < 4.78 is 6.61. The molecule has 0 fully saturated rings. The molecule has 0 aliphatic rings. The number of carbonyl (C=O) groups excluding carboxylic acids is 1. The first-order valence-corrected chi connectivity index (χ1v) is 6.46. The Balaban J connectivity index is -0.000000112. The predicted molar refractivity (Wildman–Crippen MR) is 76.3 cm³/mol. The molecular formula is C12H30I2N2O2S. The Hall–Kier alpha value is 1.20. The molecule has 0 aliphatic carbocycles. The van der Waals surface area contributed by atoms with Crippen molar-refractivity contribution in [2.75, 3.05) is 67.7 Å². The van der Waals surface area contributed by atoms with Crippen LogP contribution in [0.1, 0.15) is 6.92 Å². The number of hydrogen-bond donors (Lipinski definition) is 1. The summed E-state index contributed by atoms with van der Waals surface area (Å²) in [6, 6.07) is 0. The van der Waals surface area contributed by atoms with Crippen LogP contribution >= 0.6 is 12.6 Å². The summed E-state index contributed by atoms with van der Waals surface area (Å²) in [7, 11) is 12.7. The largest absolute Gasteiger partial charge is 1.00 e. The maximum Gasteiger partial charge on any atom is 0.302 e. The molecule has 19 heavy (non-hydrogen) atoms. The molecule has 0 aromatic carbocycles. The fourth-order valence-corrected chi connectivity index (χ4v) is 1.36. The van der Waals surface area contributed by atoms with Gasteiger partial charge in [-0.15, -0.1) is 0 Å². The lowest BCUT2D eigenvalue weighted by Gasteiger charge is -2.23. The number of esters is 1. The van der Waals surface area contributed by atoms with Gasteiger partial charge in [-0.25, -0.2) is 0 Å². The second-order valence-corrected chi connectivity index (χ2v) is 6.54. The van der Waals surface area contributed by atoms with E-state index >= 15 is 0 Å². The number of likely N-dealkylation sites (N-methyl/N-ethyl adjacent to an activating group) is 1. The first-order chi connectivity index (χ1) is 7.48. The molecule has 0 amide bonds. The third-order valence-electron chi connectivity index (χ3n) is 1.84. The molecule has 0 aromatic heterocycles. The summed E-state index contributed by atoms with van der Waals surface area (Å²) in [5, 5.41) is 0. The van der Waals surface area contributed by atoms with Crippen molar-refractivity contribution in [3.63, 3.8) is 0 Å². The van der Waals surface area contributed by atoms with E-state index in [-0.39, 0.29) is 53.9 Å². The maximum atomic E-state index is 10.3. The summed E-state index contributed by atoms with van der Waals surface area (Å²) in [5.74, 6) is 0.775. The summed E-state index contributed by atoms with van der Waals surface area (Å²) in [4.78, 5) is 10.3. The summed E-state index contributed by atoms with van der Waals surface area (Å²) >= 11 is 4.10. The molecule has 120 valence electrons. The normalized spacial score (nSPS) is 10.3. The van der Waals surface area contributed by atoms with Gasteiger partial charge in [0.15, 0.2) is 0 Å². The van der Waals surface area contributed by atoms with Crippen molar-refractivity contribution >= 4 is 18.6 Å². The second-order valence-electron chi connectivity index (χ2n) is 6.09. The Morgan fingerprint density at radius 1 is 0.947 bits per heavy atom. The van der Waals surface area contributed by atoms with Gasteiger partial charge in [0.05, 0.1) is 48.8 Å². The number of halogens is 2. The van der Waals surface area contributed by atoms with E-state index in [0.717, 1.165) is 27.8 Å². The monoisotopic (exact) mass is 520 g/mol. The highest BCUT2D eigenvalue weighted by atomic mass is 127. The average molecular weight is 520 g/mol. The lowest BCUT2D eigenvalue weighted by Crippen LogP contribution is -3.00. The zero-order valence-corrected chi connectivity index (χ0v) is 18.5. The van der Waals surface area contributed by atoms with Gasteiger partial charge >= 0.3 is 5.97 Å². The Morgan fingerprint density at radius 3 is 1.47 bits per heavy atom. The van der Waals surface area contributed by atoms with Gasteiger partial charge in [0, 0.05) is 12.7 Å². The summed E-state index contributed by atoms with van der Waals surface area (Å²) in [5.41, 5.74) is 0. The zero-order chi connectivity index (χ0) is 14.1. The van der Waals surface area contributed by atoms with Crippen LogP contribution in [0, 0.1) is 0 Å². The molecule has 0 N–H and O–H groups in total. The van der Waals surface area contributed by atoms with Crippen LogP contribution in [0.3, 0.4) is 0 Å². The fourth-order valence-electron chi connectivity index (χ4n) is 0.763. The summed E-state index contributed by atoms with van der Waals surface area (Å²) in [6.45, 7) is 3.94. The quantitative estimate of drug-likeness (QED) is 0.170. The first kappa shape index (κ1) is 28.4. The minimum absolute atomic E-state index is 0. The van der Waals surface area contributed by atoms with Crippen LogP contribution in [0.15, 0.2) is 0 Å². The number of hydrogen-bond acceptors (Lipinski definition) is 3.